The van der Waals surface area contributed by atoms with E-state index in [-0.39, 0.29) is 12.1 Å². The smallest absolute Gasteiger partial charge is 0.119 e. The van der Waals surface area contributed by atoms with E-state index < -0.39 is 0 Å². The lowest BCUT2D eigenvalue weighted by Crippen LogP contribution is -2.19. The molecule has 2 rings (SSSR count). The van der Waals surface area contributed by atoms with Gasteiger partial charge in [0.1, 0.15) is 5.75 Å². The first-order chi connectivity index (χ1) is 10.4. The predicted octanol–water partition coefficient (Wildman–Crippen LogP) is 3.67. The Morgan fingerprint density at radius 1 is 1.14 bits per heavy atom. The summed E-state index contributed by atoms with van der Waals surface area (Å²) < 4.78 is 7.61. The fraction of sp³-hybridized carbons (Fsp3) is 0.500. The van der Waals surface area contributed by atoms with Crippen molar-refractivity contribution in [3.8, 4) is 5.75 Å². The van der Waals surface area contributed by atoms with E-state index in [0.717, 1.165) is 18.0 Å². The third kappa shape index (κ3) is 3.89. The summed E-state index contributed by atoms with van der Waals surface area (Å²) in [6, 6.07) is 8.56. The Kier molecular flexibility index (Phi) is 5.24. The average molecular weight is 301 g/mol. The quantitative estimate of drug-likeness (QED) is 0.884. The molecule has 22 heavy (non-hydrogen) atoms. The Morgan fingerprint density at radius 2 is 1.77 bits per heavy atom. The number of benzene rings is 1. The molecule has 1 N–H and O–H groups in total. The fourth-order valence-electron chi connectivity index (χ4n) is 2.75. The van der Waals surface area contributed by atoms with Gasteiger partial charge < -0.3 is 10.1 Å². The van der Waals surface area contributed by atoms with Crippen LogP contribution >= 0.6 is 0 Å². The van der Waals surface area contributed by atoms with Crippen molar-refractivity contribution in [2.24, 2.45) is 7.05 Å². The van der Waals surface area contributed by atoms with Crippen LogP contribution < -0.4 is 10.1 Å². The molecule has 1 aromatic heterocycles. The second kappa shape index (κ2) is 6.97. The number of hydrogen-bond acceptors (Lipinski definition) is 3. The summed E-state index contributed by atoms with van der Waals surface area (Å²) in [6.45, 7) is 11.3. The van der Waals surface area contributed by atoms with Gasteiger partial charge in [-0.1, -0.05) is 12.1 Å². The zero-order chi connectivity index (χ0) is 16.3. The minimum absolute atomic E-state index is 0.209. The lowest BCUT2D eigenvalue weighted by Gasteiger charge is -2.15. The summed E-state index contributed by atoms with van der Waals surface area (Å²) in [6.07, 6.45) is 0.209. The molecule has 4 heteroatoms. The maximum atomic E-state index is 5.67. The van der Waals surface area contributed by atoms with Crippen LogP contribution in [0.4, 0.5) is 0 Å². The Morgan fingerprint density at radius 3 is 2.27 bits per heavy atom. The van der Waals surface area contributed by atoms with Gasteiger partial charge in [-0.15, -0.1) is 0 Å². The van der Waals surface area contributed by atoms with E-state index in [1.54, 1.807) is 0 Å². The first-order valence-corrected chi connectivity index (χ1v) is 7.87. The first kappa shape index (κ1) is 16.6. The first-order valence-electron chi connectivity index (χ1n) is 7.87. The van der Waals surface area contributed by atoms with Gasteiger partial charge in [-0.05, 0) is 52.3 Å². The normalized spacial score (nSPS) is 12.7. The molecular formula is C18H27N3O. The molecule has 1 heterocycles. The number of hydrogen-bond donors (Lipinski definition) is 1. The van der Waals surface area contributed by atoms with Crippen LogP contribution in [0, 0.1) is 13.8 Å². The molecule has 4 nitrogen and oxygen atoms in total. The van der Waals surface area contributed by atoms with E-state index in [9.17, 15) is 0 Å². The highest BCUT2D eigenvalue weighted by molar-refractivity contribution is 5.29. The van der Waals surface area contributed by atoms with Crippen LogP contribution in [0.1, 0.15) is 49.3 Å². The van der Waals surface area contributed by atoms with E-state index in [2.05, 4.69) is 43.3 Å². The van der Waals surface area contributed by atoms with E-state index in [1.807, 2.05) is 37.7 Å². The van der Waals surface area contributed by atoms with Crippen LogP contribution in [-0.2, 0) is 13.6 Å². The maximum Gasteiger partial charge on any atom is 0.119 e. The maximum absolute atomic E-state index is 5.67. The van der Waals surface area contributed by atoms with E-state index in [4.69, 9.17) is 4.74 Å². The molecular weight excluding hydrogens is 274 g/mol. The van der Waals surface area contributed by atoms with Crippen molar-refractivity contribution in [1.82, 2.24) is 15.1 Å². The topological polar surface area (TPSA) is 39.1 Å². The lowest BCUT2D eigenvalue weighted by atomic mass is 10.1. The van der Waals surface area contributed by atoms with Crippen LogP contribution in [0.15, 0.2) is 24.3 Å². The number of nitrogens with one attached hydrogen (secondary N) is 1. The molecule has 0 fully saturated rings. The zero-order valence-corrected chi connectivity index (χ0v) is 14.5. The number of rotatable bonds is 6. The molecule has 0 spiro atoms. The Balaban J connectivity index is 1.97. The molecule has 0 aliphatic rings. The summed E-state index contributed by atoms with van der Waals surface area (Å²) in [5.74, 6) is 0.922. The van der Waals surface area contributed by atoms with Crippen molar-refractivity contribution in [2.45, 2.75) is 53.3 Å². The fourth-order valence-corrected chi connectivity index (χ4v) is 2.75. The third-order valence-corrected chi connectivity index (χ3v) is 3.91. The predicted molar refractivity (Wildman–Crippen MR) is 90.1 cm³/mol. The number of nitrogens with zero attached hydrogens (tertiary/aromatic N) is 2. The average Bonchev–Trinajstić information content (AvgIpc) is 2.70. The Hall–Kier alpha value is -1.81. The van der Waals surface area contributed by atoms with Gasteiger partial charge >= 0.3 is 0 Å². The minimum atomic E-state index is 0.209. The third-order valence-electron chi connectivity index (χ3n) is 3.91. The van der Waals surface area contributed by atoms with Crippen LogP contribution in [0.5, 0.6) is 5.75 Å². The van der Waals surface area contributed by atoms with Gasteiger partial charge in [-0.2, -0.15) is 5.10 Å². The SMILES string of the molecule is Cc1nn(C)c(C)c1[C@H](C)NCc1ccc(OC(C)C)cc1. The zero-order valence-electron chi connectivity index (χ0n) is 14.5. The number of aryl methyl sites for hydroxylation is 2. The molecule has 2 aromatic rings. The highest BCUT2D eigenvalue weighted by atomic mass is 16.5. The van der Waals surface area contributed by atoms with Gasteiger partial charge in [0.05, 0.1) is 11.8 Å². The summed E-state index contributed by atoms with van der Waals surface area (Å²) >= 11 is 0. The molecule has 1 atom stereocenters. The van der Waals surface area contributed by atoms with Gasteiger partial charge in [0.25, 0.3) is 0 Å². The van der Waals surface area contributed by atoms with Crippen LogP contribution in [-0.4, -0.2) is 15.9 Å². The molecule has 0 amide bonds. The molecule has 0 unspecified atom stereocenters. The van der Waals surface area contributed by atoms with Crippen molar-refractivity contribution >= 4 is 0 Å². The van der Waals surface area contributed by atoms with Crippen molar-refractivity contribution in [2.75, 3.05) is 0 Å². The summed E-state index contributed by atoms with van der Waals surface area (Å²) in [5.41, 5.74) is 4.86. The van der Waals surface area contributed by atoms with E-state index >= 15 is 0 Å². The summed E-state index contributed by atoms with van der Waals surface area (Å²) in [7, 11) is 1.99. The van der Waals surface area contributed by atoms with Gasteiger partial charge in [0.15, 0.2) is 0 Å². The summed E-state index contributed by atoms with van der Waals surface area (Å²) in [4.78, 5) is 0. The summed E-state index contributed by atoms with van der Waals surface area (Å²) in [5, 5.41) is 8.06. The number of aromatic nitrogens is 2. The molecule has 0 aliphatic carbocycles. The van der Waals surface area contributed by atoms with Gasteiger partial charge in [0.2, 0.25) is 0 Å². The van der Waals surface area contributed by atoms with E-state index in [1.165, 1.54) is 16.8 Å². The van der Waals surface area contributed by atoms with Crippen molar-refractivity contribution in [3.05, 3.63) is 46.8 Å². The second-order valence-corrected chi connectivity index (χ2v) is 6.12. The number of ether oxygens (including phenoxy) is 1. The Labute approximate surface area is 133 Å². The monoisotopic (exact) mass is 301 g/mol. The highest BCUT2D eigenvalue weighted by Gasteiger charge is 2.15. The molecule has 0 saturated heterocycles. The molecule has 0 bridgehead atoms. The molecule has 120 valence electrons. The minimum Gasteiger partial charge on any atom is -0.491 e. The van der Waals surface area contributed by atoms with Gasteiger partial charge in [0, 0.05) is 30.9 Å². The highest BCUT2D eigenvalue weighted by Crippen LogP contribution is 2.21. The standard InChI is InChI=1S/C18H27N3O/c1-12(2)22-17-9-7-16(8-10-17)11-19-13(3)18-14(4)20-21(6)15(18)5/h7-10,12-13,19H,11H2,1-6H3/t13-/m0/s1. The largest absolute Gasteiger partial charge is 0.491 e. The van der Waals surface area contributed by atoms with Gasteiger partial charge in [-0.25, -0.2) is 0 Å². The van der Waals surface area contributed by atoms with Crippen molar-refractivity contribution in [1.29, 1.82) is 0 Å². The van der Waals surface area contributed by atoms with Gasteiger partial charge in [-0.3, -0.25) is 4.68 Å². The van der Waals surface area contributed by atoms with Crippen LogP contribution in [0.25, 0.3) is 0 Å². The van der Waals surface area contributed by atoms with E-state index in [0.29, 0.717) is 0 Å². The van der Waals surface area contributed by atoms with Crippen LogP contribution in [0.3, 0.4) is 0 Å². The molecule has 0 saturated carbocycles. The molecule has 0 aliphatic heterocycles. The van der Waals surface area contributed by atoms with Crippen LogP contribution in [0.2, 0.25) is 0 Å². The molecule has 0 radical (unpaired) electrons. The van der Waals surface area contributed by atoms with Crippen molar-refractivity contribution < 1.29 is 4.74 Å². The second-order valence-electron chi connectivity index (χ2n) is 6.12. The Bertz CT molecular complexity index is 614. The van der Waals surface area contributed by atoms with Crippen molar-refractivity contribution in [3.63, 3.8) is 0 Å². The lowest BCUT2D eigenvalue weighted by molar-refractivity contribution is 0.242. The molecule has 1 aromatic carbocycles.